The summed E-state index contributed by atoms with van der Waals surface area (Å²) in [6.45, 7) is 1.57. The Morgan fingerprint density at radius 2 is 1.90 bits per heavy atom. The standard InChI is InChI=1S/C13H24O7/c1-2-3-4-8(15)5-6-19-13-12(18)11(17)10(16)9(7-14)20-13/h3-4,8-18H,2,5-7H2,1H3/b4-3+/t8-,9?,10?,11?,12?,13?/m1/s1. The first-order valence-corrected chi connectivity index (χ1v) is 6.78. The smallest absolute Gasteiger partial charge is 0.186 e. The minimum absolute atomic E-state index is 0.109. The van der Waals surface area contributed by atoms with Crippen LogP contribution in [-0.4, -0.2) is 75.6 Å². The van der Waals surface area contributed by atoms with Gasteiger partial charge in [0.1, 0.15) is 24.4 Å². The van der Waals surface area contributed by atoms with Gasteiger partial charge in [0.25, 0.3) is 0 Å². The lowest BCUT2D eigenvalue weighted by atomic mass is 9.99. The Bertz CT molecular complexity index is 294. The van der Waals surface area contributed by atoms with Crippen LogP contribution in [0, 0.1) is 0 Å². The van der Waals surface area contributed by atoms with Gasteiger partial charge in [0, 0.05) is 6.42 Å². The lowest BCUT2D eigenvalue weighted by molar-refractivity contribution is -0.301. The zero-order valence-corrected chi connectivity index (χ0v) is 11.5. The zero-order chi connectivity index (χ0) is 15.1. The fourth-order valence-electron chi connectivity index (χ4n) is 1.90. The molecule has 1 aliphatic rings. The summed E-state index contributed by atoms with van der Waals surface area (Å²) in [5.41, 5.74) is 0. The molecule has 7 heteroatoms. The van der Waals surface area contributed by atoms with Crippen LogP contribution < -0.4 is 0 Å². The van der Waals surface area contributed by atoms with Crippen LogP contribution in [0.15, 0.2) is 12.2 Å². The molecule has 0 radical (unpaired) electrons. The monoisotopic (exact) mass is 292 g/mol. The van der Waals surface area contributed by atoms with Gasteiger partial charge in [-0.2, -0.15) is 0 Å². The number of aliphatic hydroxyl groups is 5. The number of allylic oxidation sites excluding steroid dienone is 1. The molecular weight excluding hydrogens is 268 g/mol. The van der Waals surface area contributed by atoms with Gasteiger partial charge >= 0.3 is 0 Å². The molecule has 1 fully saturated rings. The van der Waals surface area contributed by atoms with Gasteiger partial charge in [-0.25, -0.2) is 0 Å². The molecule has 5 N–H and O–H groups in total. The third-order valence-electron chi connectivity index (χ3n) is 3.14. The van der Waals surface area contributed by atoms with Gasteiger partial charge in [-0.1, -0.05) is 19.1 Å². The van der Waals surface area contributed by atoms with E-state index in [1.807, 2.05) is 13.0 Å². The van der Waals surface area contributed by atoms with Crippen LogP contribution in [0.1, 0.15) is 19.8 Å². The molecule has 0 aromatic rings. The van der Waals surface area contributed by atoms with Crippen molar-refractivity contribution in [3.05, 3.63) is 12.2 Å². The Labute approximate surface area is 118 Å². The average Bonchev–Trinajstić information content (AvgIpc) is 2.45. The summed E-state index contributed by atoms with van der Waals surface area (Å²) in [7, 11) is 0. The Morgan fingerprint density at radius 3 is 2.50 bits per heavy atom. The summed E-state index contributed by atoms with van der Waals surface area (Å²) < 4.78 is 10.4. The van der Waals surface area contributed by atoms with E-state index in [1.165, 1.54) is 0 Å². The molecule has 0 amide bonds. The van der Waals surface area contributed by atoms with E-state index in [0.29, 0.717) is 6.42 Å². The second kappa shape index (κ2) is 8.68. The SMILES string of the molecule is CC/C=C/[C@@H](O)CCOC1OC(CO)C(O)C(O)C1O. The predicted molar refractivity (Wildman–Crippen MR) is 69.8 cm³/mol. The molecule has 6 atom stereocenters. The second-order valence-corrected chi connectivity index (χ2v) is 4.76. The minimum atomic E-state index is -1.45. The largest absolute Gasteiger partial charge is 0.394 e. The molecule has 7 nitrogen and oxygen atoms in total. The molecule has 0 aromatic carbocycles. The van der Waals surface area contributed by atoms with E-state index >= 15 is 0 Å². The van der Waals surface area contributed by atoms with Crippen molar-refractivity contribution in [1.82, 2.24) is 0 Å². The van der Waals surface area contributed by atoms with Crippen molar-refractivity contribution in [3.8, 4) is 0 Å². The molecule has 0 bridgehead atoms. The molecule has 5 unspecified atom stereocenters. The third-order valence-corrected chi connectivity index (χ3v) is 3.14. The van der Waals surface area contributed by atoms with Crippen molar-refractivity contribution >= 4 is 0 Å². The Hall–Kier alpha value is -0.540. The van der Waals surface area contributed by atoms with E-state index in [9.17, 15) is 20.4 Å². The van der Waals surface area contributed by atoms with Crippen LogP contribution in [0.3, 0.4) is 0 Å². The summed E-state index contributed by atoms with van der Waals surface area (Å²) >= 11 is 0. The molecule has 118 valence electrons. The van der Waals surface area contributed by atoms with Crippen LogP contribution in [-0.2, 0) is 9.47 Å². The lowest BCUT2D eigenvalue weighted by Gasteiger charge is -2.39. The molecule has 1 saturated heterocycles. The number of rotatable bonds is 7. The Morgan fingerprint density at radius 1 is 1.20 bits per heavy atom. The normalized spacial score (nSPS) is 36.4. The molecule has 0 aromatic heterocycles. The van der Waals surface area contributed by atoms with Crippen LogP contribution in [0.5, 0.6) is 0 Å². The van der Waals surface area contributed by atoms with E-state index in [2.05, 4.69) is 0 Å². The topological polar surface area (TPSA) is 120 Å². The first-order chi connectivity index (χ1) is 9.51. The van der Waals surface area contributed by atoms with Crippen molar-refractivity contribution in [2.24, 2.45) is 0 Å². The van der Waals surface area contributed by atoms with Crippen molar-refractivity contribution in [2.45, 2.75) is 56.6 Å². The number of hydrogen-bond acceptors (Lipinski definition) is 7. The zero-order valence-electron chi connectivity index (χ0n) is 11.5. The van der Waals surface area contributed by atoms with Gasteiger partial charge in [0.2, 0.25) is 0 Å². The number of aliphatic hydroxyl groups excluding tert-OH is 5. The summed E-state index contributed by atoms with van der Waals surface area (Å²) in [5.74, 6) is 0. The van der Waals surface area contributed by atoms with Crippen LogP contribution in [0.25, 0.3) is 0 Å². The molecule has 0 aliphatic carbocycles. The highest BCUT2D eigenvalue weighted by molar-refractivity contribution is 4.89. The number of ether oxygens (including phenoxy) is 2. The summed E-state index contributed by atoms with van der Waals surface area (Å²) in [6.07, 6.45) is -2.42. The molecule has 20 heavy (non-hydrogen) atoms. The molecule has 1 aliphatic heterocycles. The van der Waals surface area contributed by atoms with Crippen LogP contribution >= 0.6 is 0 Å². The van der Waals surface area contributed by atoms with Crippen molar-refractivity contribution in [1.29, 1.82) is 0 Å². The maximum Gasteiger partial charge on any atom is 0.186 e. The summed E-state index contributed by atoms with van der Waals surface area (Å²) in [6, 6.07) is 0. The van der Waals surface area contributed by atoms with E-state index in [-0.39, 0.29) is 6.61 Å². The van der Waals surface area contributed by atoms with Gasteiger partial charge in [-0.15, -0.1) is 0 Å². The van der Waals surface area contributed by atoms with Gasteiger partial charge in [-0.3, -0.25) is 0 Å². The van der Waals surface area contributed by atoms with E-state index in [1.54, 1.807) is 6.08 Å². The van der Waals surface area contributed by atoms with Gasteiger partial charge in [0.15, 0.2) is 6.29 Å². The van der Waals surface area contributed by atoms with Gasteiger partial charge in [-0.05, 0) is 6.42 Å². The second-order valence-electron chi connectivity index (χ2n) is 4.76. The fourth-order valence-corrected chi connectivity index (χ4v) is 1.90. The molecule has 1 rings (SSSR count). The van der Waals surface area contributed by atoms with Gasteiger partial charge < -0.3 is 35.0 Å². The van der Waals surface area contributed by atoms with Crippen molar-refractivity contribution in [2.75, 3.05) is 13.2 Å². The predicted octanol–water partition coefficient (Wildman–Crippen LogP) is -1.48. The third kappa shape index (κ3) is 4.78. The van der Waals surface area contributed by atoms with Crippen LogP contribution in [0.4, 0.5) is 0 Å². The van der Waals surface area contributed by atoms with E-state index in [0.717, 1.165) is 6.42 Å². The maximum absolute atomic E-state index is 9.71. The summed E-state index contributed by atoms with van der Waals surface area (Å²) in [4.78, 5) is 0. The maximum atomic E-state index is 9.71. The van der Waals surface area contributed by atoms with Crippen molar-refractivity contribution < 1.29 is 35.0 Å². The summed E-state index contributed by atoms with van der Waals surface area (Å²) in [5, 5.41) is 47.4. The lowest BCUT2D eigenvalue weighted by Crippen LogP contribution is -2.59. The average molecular weight is 292 g/mol. The molecule has 0 saturated carbocycles. The highest BCUT2D eigenvalue weighted by Crippen LogP contribution is 2.22. The quantitative estimate of drug-likeness (QED) is 0.363. The fraction of sp³-hybridized carbons (Fsp3) is 0.846. The number of hydrogen-bond donors (Lipinski definition) is 5. The Kier molecular flexibility index (Phi) is 7.60. The first kappa shape index (κ1) is 17.5. The molecular formula is C13H24O7. The molecule has 0 spiro atoms. The minimum Gasteiger partial charge on any atom is -0.394 e. The molecule has 1 heterocycles. The van der Waals surface area contributed by atoms with Crippen molar-refractivity contribution in [3.63, 3.8) is 0 Å². The first-order valence-electron chi connectivity index (χ1n) is 6.78. The van der Waals surface area contributed by atoms with E-state index in [4.69, 9.17) is 14.6 Å². The van der Waals surface area contributed by atoms with Gasteiger partial charge in [0.05, 0.1) is 19.3 Å². The highest BCUT2D eigenvalue weighted by atomic mass is 16.7. The Balaban J connectivity index is 2.40. The highest BCUT2D eigenvalue weighted by Gasteiger charge is 2.43. The van der Waals surface area contributed by atoms with Crippen LogP contribution in [0.2, 0.25) is 0 Å². The van der Waals surface area contributed by atoms with E-state index < -0.39 is 43.4 Å².